The molecule has 2 saturated heterocycles. The fourth-order valence-corrected chi connectivity index (χ4v) is 5.26. The summed E-state index contributed by atoms with van der Waals surface area (Å²) >= 11 is 0. The Morgan fingerprint density at radius 2 is 1.86 bits per heavy atom. The van der Waals surface area contributed by atoms with Crippen LogP contribution in [0.4, 0.5) is 0 Å². The van der Waals surface area contributed by atoms with Gasteiger partial charge < -0.3 is 9.64 Å². The molecule has 28 heavy (non-hydrogen) atoms. The molecule has 0 unspecified atom stereocenters. The van der Waals surface area contributed by atoms with E-state index >= 15 is 0 Å². The average Bonchev–Trinajstić information content (AvgIpc) is 2.64. The molecule has 0 radical (unpaired) electrons. The molecule has 2 aliphatic rings. The molecule has 0 N–H and O–H groups in total. The first kappa shape index (κ1) is 20.8. The maximum absolute atomic E-state index is 13.0. The summed E-state index contributed by atoms with van der Waals surface area (Å²) in [6.45, 7) is 7.69. The standard InChI is InChI=1S/C20H28N2O5S/c1-14-6-8-15(9-7-14)28(25,26)22-11-10-20(13-27-18(24)19(2,3)4)16(12-22)17(23)21(20)5/h6-9,16H,10-13H2,1-5H3/t16-,20+/m0/s1. The monoisotopic (exact) mass is 408 g/mol. The Morgan fingerprint density at radius 3 is 2.43 bits per heavy atom. The molecule has 2 heterocycles. The minimum atomic E-state index is -3.67. The molecule has 0 bridgehead atoms. The fourth-order valence-electron chi connectivity index (χ4n) is 3.81. The Hall–Kier alpha value is -1.93. The third-order valence-electron chi connectivity index (χ3n) is 5.85. The van der Waals surface area contributed by atoms with Crippen molar-refractivity contribution in [3.63, 3.8) is 0 Å². The number of piperidine rings is 1. The summed E-state index contributed by atoms with van der Waals surface area (Å²) in [5, 5.41) is 0. The Morgan fingerprint density at radius 1 is 1.25 bits per heavy atom. The number of amides is 1. The van der Waals surface area contributed by atoms with Crippen LogP contribution >= 0.6 is 0 Å². The van der Waals surface area contributed by atoms with Gasteiger partial charge in [0.15, 0.2) is 0 Å². The quantitative estimate of drug-likeness (QED) is 0.560. The summed E-state index contributed by atoms with van der Waals surface area (Å²) in [6, 6.07) is 6.70. The number of aryl methyl sites for hydroxylation is 1. The van der Waals surface area contributed by atoms with Gasteiger partial charge in [-0.3, -0.25) is 9.59 Å². The number of β-lactam (4-membered cyclic amide) rings is 1. The fraction of sp³-hybridized carbons (Fsp3) is 0.600. The molecule has 2 fully saturated rings. The number of esters is 1. The molecule has 8 heteroatoms. The summed E-state index contributed by atoms with van der Waals surface area (Å²) in [4.78, 5) is 26.5. The summed E-state index contributed by atoms with van der Waals surface area (Å²) in [5.74, 6) is -0.946. The van der Waals surface area contributed by atoms with Gasteiger partial charge in [0.25, 0.3) is 0 Å². The molecule has 154 valence electrons. The second kappa shape index (κ2) is 6.84. The molecule has 0 aromatic heterocycles. The van der Waals surface area contributed by atoms with Gasteiger partial charge in [-0.15, -0.1) is 0 Å². The van der Waals surface area contributed by atoms with Gasteiger partial charge >= 0.3 is 5.97 Å². The Bertz CT molecular complexity index is 888. The average molecular weight is 409 g/mol. The van der Waals surface area contributed by atoms with Crippen molar-refractivity contribution in [1.82, 2.24) is 9.21 Å². The van der Waals surface area contributed by atoms with Gasteiger partial charge in [-0.25, -0.2) is 8.42 Å². The van der Waals surface area contributed by atoms with Crippen LogP contribution in [0.5, 0.6) is 0 Å². The Balaban J connectivity index is 1.77. The predicted molar refractivity (Wildman–Crippen MR) is 104 cm³/mol. The Labute approximate surface area is 166 Å². The van der Waals surface area contributed by atoms with Crippen LogP contribution in [-0.4, -0.2) is 61.8 Å². The van der Waals surface area contributed by atoms with Gasteiger partial charge in [-0.2, -0.15) is 4.31 Å². The SMILES string of the molecule is Cc1ccc(S(=O)(=O)N2CC[C@@]3(COC(=O)C(C)(C)C)[C@@H](C2)C(=O)N3C)cc1. The first-order valence-electron chi connectivity index (χ1n) is 9.41. The maximum Gasteiger partial charge on any atom is 0.311 e. The van der Waals surface area contributed by atoms with Crippen LogP contribution in [0.3, 0.4) is 0 Å². The third-order valence-corrected chi connectivity index (χ3v) is 7.73. The van der Waals surface area contributed by atoms with Gasteiger partial charge in [0.05, 0.1) is 21.8 Å². The highest BCUT2D eigenvalue weighted by Gasteiger charge is 2.62. The van der Waals surface area contributed by atoms with Gasteiger partial charge in [-0.1, -0.05) is 17.7 Å². The van der Waals surface area contributed by atoms with Crippen LogP contribution in [0.1, 0.15) is 32.8 Å². The van der Waals surface area contributed by atoms with E-state index in [1.807, 2.05) is 6.92 Å². The van der Waals surface area contributed by atoms with E-state index in [4.69, 9.17) is 4.74 Å². The van der Waals surface area contributed by atoms with Crippen molar-refractivity contribution in [1.29, 1.82) is 0 Å². The summed E-state index contributed by atoms with van der Waals surface area (Å²) < 4.78 is 32.8. The van der Waals surface area contributed by atoms with E-state index in [1.165, 1.54) is 4.31 Å². The van der Waals surface area contributed by atoms with Crippen LogP contribution < -0.4 is 0 Å². The van der Waals surface area contributed by atoms with E-state index < -0.39 is 26.9 Å². The number of rotatable bonds is 4. The lowest BCUT2D eigenvalue weighted by Gasteiger charge is -2.59. The molecule has 0 spiro atoms. The zero-order valence-electron chi connectivity index (χ0n) is 17.1. The minimum absolute atomic E-state index is 0.0917. The number of hydrogen-bond donors (Lipinski definition) is 0. The number of ether oxygens (including phenoxy) is 1. The molecular weight excluding hydrogens is 380 g/mol. The lowest BCUT2D eigenvalue weighted by atomic mass is 9.69. The number of likely N-dealkylation sites (N-methyl/N-ethyl adjacent to an activating group) is 1. The number of hydrogen-bond acceptors (Lipinski definition) is 5. The molecule has 0 saturated carbocycles. The van der Waals surface area contributed by atoms with Crippen molar-refractivity contribution in [3.8, 4) is 0 Å². The second-order valence-corrected chi connectivity index (χ2v) is 10.7. The van der Waals surface area contributed by atoms with Gasteiger partial charge in [0.1, 0.15) is 6.61 Å². The molecule has 1 aromatic rings. The van der Waals surface area contributed by atoms with Crippen molar-refractivity contribution in [2.75, 3.05) is 26.7 Å². The molecule has 1 amide bonds. The first-order valence-corrected chi connectivity index (χ1v) is 10.9. The molecule has 2 atom stereocenters. The predicted octanol–water partition coefficient (Wildman–Crippen LogP) is 1.81. The molecule has 2 aliphatic heterocycles. The smallest absolute Gasteiger partial charge is 0.311 e. The lowest BCUT2D eigenvalue weighted by Crippen LogP contribution is -2.76. The topological polar surface area (TPSA) is 84.0 Å². The Kier molecular flexibility index (Phi) is 5.08. The molecule has 0 aliphatic carbocycles. The third kappa shape index (κ3) is 3.33. The highest BCUT2D eigenvalue weighted by Crippen LogP contribution is 2.44. The zero-order chi connectivity index (χ0) is 20.9. The van der Waals surface area contributed by atoms with Crippen molar-refractivity contribution in [2.45, 2.75) is 44.6 Å². The van der Waals surface area contributed by atoms with Crippen LogP contribution in [0.25, 0.3) is 0 Å². The number of sulfonamides is 1. The van der Waals surface area contributed by atoms with Crippen LogP contribution in [0, 0.1) is 18.3 Å². The van der Waals surface area contributed by atoms with Gasteiger partial charge in [0, 0.05) is 20.1 Å². The number of carbonyl (C=O) groups is 2. The normalized spacial score (nSPS) is 25.8. The number of benzene rings is 1. The highest BCUT2D eigenvalue weighted by molar-refractivity contribution is 7.89. The highest BCUT2D eigenvalue weighted by atomic mass is 32.2. The van der Waals surface area contributed by atoms with Crippen molar-refractivity contribution >= 4 is 21.9 Å². The van der Waals surface area contributed by atoms with E-state index in [2.05, 4.69) is 0 Å². The summed E-state index contributed by atoms with van der Waals surface area (Å²) in [5.41, 5.74) is -0.279. The largest absolute Gasteiger partial charge is 0.463 e. The number of fused-ring (bicyclic) bond motifs is 1. The van der Waals surface area contributed by atoms with Crippen molar-refractivity contribution in [2.24, 2.45) is 11.3 Å². The van der Waals surface area contributed by atoms with Crippen molar-refractivity contribution < 1.29 is 22.7 Å². The molecule has 3 rings (SSSR count). The first-order chi connectivity index (χ1) is 12.9. The number of carbonyl (C=O) groups excluding carboxylic acids is 2. The van der Waals surface area contributed by atoms with Crippen LogP contribution in [-0.2, 0) is 24.3 Å². The van der Waals surface area contributed by atoms with Crippen LogP contribution in [0.2, 0.25) is 0 Å². The van der Waals surface area contributed by atoms with E-state index in [9.17, 15) is 18.0 Å². The number of nitrogens with zero attached hydrogens (tertiary/aromatic N) is 2. The molecule has 1 aromatic carbocycles. The van der Waals surface area contributed by atoms with E-state index in [0.29, 0.717) is 6.42 Å². The van der Waals surface area contributed by atoms with Crippen LogP contribution in [0.15, 0.2) is 29.2 Å². The molecular formula is C20H28N2O5S. The summed E-state index contributed by atoms with van der Waals surface area (Å²) in [7, 11) is -1.98. The lowest BCUT2D eigenvalue weighted by molar-refractivity contribution is -0.189. The van der Waals surface area contributed by atoms with E-state index in [-0.39, 0.29) is 36.5 Å². The molecule has 7 nitrogen and oxygen atoms in total. The second-order valence-electron chi connectivity index (χ2n) is 8.81. The zero-order valence-corrected chi connectivity index (χ0v) is 17.9. The minimum Gasteiger partial charge on any atom is -0.463 e. The maximum atomic E-state index is 13.0. The van der Waals surface area contributed by atoms with Crippen molar-refractivity contribution in [3.05, 3.63) is 29.8 Å². The van der Waals surface area contributed by atoms with Gasteiger partial charge in [0.2, 0.25) is 15.9 Å². The van der Waals surface area contributed by atoms with E-state index in [0.717, 1.165) is 5.56 Å². The van der Waals surface area contributed by atoms with E-state index in [1.54, 1.807) is 57.0 Å². The van der Waals surface area contributed by atoms with Gasteiger partial charge in [-0.05, 0) is 46.2 Å². The number of likely N-dealkylation sites (tertiary alicyclic amines) is 1. The summed E-state index contributed by atoms with van der Waals surface area (Å²) in [6.07, 6.45) is 0.433.